The number of aryl methyl sites for hydroxylation is 1. The van der Waals surface area contributed by atoms with Gasteiger partial charge in [0.2, 0.25) is 0 Å². The van der Waals surface area contributed by atoms with E-state index in [4.69, 9.17) is 16.3 Å². The summed E-state index contributed by atoms with van der Waals surface area (Å²) in [4.78, 5) is 0. The van der Waals surface area contributed by atoms with Crippen LogP contribution in [0.4, 0.5) is 0 Å². The molecule has 0 heterocycles. The molecule has 0 saturated carbocycles. The third-order valence-electron chi connectivity index (χ3n) is 3.78. The molecule has 0 aliphatic heterocycles. The minimum Gasteiger partial charge on any atom is -0.493 e. The van der Waals surface area contributed by atoms with Crippen LogP contribution in [0.3, 0.4) is 0 Å². The Labute approximate surface area is 121 Å². The molecule has 104 valence electrons. The molecule has 0 unspecified atom stereocenters. The molecule has 1 aromatic rings. The number of hydrogen-bond donors (Lipinski definition) is 0. The van der Waals surface area contributed by atoms with Crippen molar-refractivity contribution in [1.82, 2.24) is 0 Å². The summed E-state index contributed by atoms with van der Waals surface area (Å²) in [6.45, 7) is 6.79. The fourth-order valence-electron chi connectivity index (χ4n) is 2.19. The van der Waals surface area contributed by atoms with Crippen molar-refractivity contribution in [2.45, 2.75) is 46.5 Å². The van der Waals surface area contributed by atoms with E-state index in [0.717, 1.165) is 42.0 Å². The lowest BCUT2D eigenvalue weighted by Crippen LogP contribution is -2.17. The van der Waals surface area contributed by atoms with Crippen molar-refractivity contribution in [2.75, 3.05) is 6.61 Å². The number of benzene rings is 1. The molecule has 0 aliphatic rings. The lowest BCUT2D eigenvalue weighted by atomic mass is 9.80. The average Bonchev–Trinajstić information content (AvgIpc) is 2.42. The van der Waals surface area contributed by atoms with Gasteiger partial charge in [0, 0.05) is 5.02 Å². The predicted molar refractivity (Wildman–Crippen MR) is 79.5 cm³/mol. The van der Waals surface area contributed by atoms with E-state index in [2.05, 4.69) is 19.9 Å². The summed E-state index contributed by atoms with van der Waals surface area (Å²) in [7, 11) is 0. The van der Waals surface area contributed by atoms with Crippen LogP contribution in [0.1, 0.15) is 45.1 Å². The summed E-state index contributed by atoms with van der Waals surface area (Å²) in [6, 6.07) is 8.09. The molecule has 0 amide bonds. The summed E-state index contributed by atoms with van der Waals surface area (Å²) in [5, 5.41) is 9.99. The van der Waals surface area contributed by atoms with E-state index >= 15 is 0 Å². The fourth-order valence-corrected chi connectivity index (χ4v) is 2.41. The maximum atomic E-state index is 9.26. The largest absolute Gasteiger partial charge is 0.493 e. The first-order chi connectivity index (χ1) is 9.06. The Morgan fingerprint density at radius 3 is 2.53 bits per heavy atom. The maximum Gasteiger partial charge on any atom is 0.122 e. The molecule has 0 aromatic heterocycles. The van der Waals surface area contributed by atoms with Gasteiger partial charge in [0.25, 0.3) is 0 Å². The van der Waals surface area contributed by atoms with Crippen LogP contribution in [-0.4, -0.2) is 6.61 Å². The second-order valence-corrected chi connectivity index (χ2v) is 5.40. The highest BCUT2D eigenvalue weighted by Crippen LogP contribution is 2.31. The molecule has 0 spiro atoms. The van der Waals surface area contributed by atoms with E-state index in [-0.39, 0.29) is 5.41 Å². The van der Waals surface area contributed by atoms with Crippen LogP contribution in [0.5, 0.6) is 5.75 Å². The molecule has 0 saturated heterocycles. The summed E-state index contributed by atoms with van der Waals surface area (Å²) in [6.07, 6.45) is 3.60. The van der Waals surface area contributed by atoms with Crippen molar-refractivity contribution in [2.24, 2.45) is 5.41 Å². The molecule has 19 heavy (non-hydrogen) atoms. The molecular weight excluding hydrogens is 258 g/mol. The Balaban J connectivity index is 2.45. The average molecular weight is 280 g/mol. The van der Waals surface area contributed by atoms with E-state index in [1.165, 1.54) is 0 Å². The van der Waals surface area contributed by atoms with Gasteiger partial charge in [-0.15, -0.1) is 0 Å². The van der Waals surface area contributed by atoms with Crippen molar-refractivity contribution in [3.05, 3.63) is 28.8 Å². The highest BCUT2D eigenvalue weighted by atomic mass is 35.5. The van der Waals surface area contributed by atoms with Crippen LogP contribution in [0.2, 0.25) is 5.02 Å². The Bertz CT molecular complexity index is 447. The lowest BCUT2D eigenvalue weighted by molar-refractivity contribution is 0.258. The maximum absolute atomic E-state index is 9.26. The van der Waals surface area contributed by atoms with Gasteiger partial charge in [0.15, 0.2) is 0 Å². The van der Waals surface area contributed by atoms with Crippen molar-refractivity contribution in [3.63, 3.8) is 0 Å². The number of rotatable bonds is 7. The van der Waals surface area contributed by atoms with Crippen LogP contribution >= 0.6 is 11.6 Å². The Morgan fingerprint density at radius 1 is 1.32 bits per heavy atom. The van der Waals surface area contributed by atoms with E-state index in [1.807, 2.05) is 25.1 Å². The zero-order valence-corrected chi connectivity index (χ0v) is 12.8. The summed E-state index contributed by atoms with van der Waals surface area (Å²) in [5.74, 6) is 0.875. The minimum atomic E-state index is -0.182. The Kier molecular flexibility index (Phi) is 6.18. The SMILES string of the molecule is CCC(C#N)(CC)CCCOc1ccc(Cl)cc1C. The normalized spacial score (nSPS) is 11.1. The van der Waals surface area contributed by atoms with Gasteiger partial charge in [-0.2, -0.15) is 5.26 Å². The second kappa shape index (κ2) is 7.40. The smallest absolute Gasteiger partial charge is 0.122 e. The third kappa shape index (κ3) is 4.44. The van der Waals surface area contributed by atoms with Gasteiger partial charge in [0.05, 0.1) is 18.1 Å². The summed E-state index contributed by atoms with van der Waals surface area (Å²) >= 11 is 5.90. The van der Waals surface area contributed by atoms with Crippen molar-refractivity contribution >= 4 is 11.6 Å². The highest BCUT2D eigenvalue weighted by Gasteiger charge is 2.24. The van der Waals surface area contributed by atoms with E-state index in [9.17, 15) is 5.26 Å². The van der Waals surface area contributed by atoms with Crippen LogP contribution < -0.4 is 4.74 Å². The van der Waals surface area contributed by atoms with E-state index in [1.54, 1.807) is 0 Å². The zero-order valence-electron chi connectivity index (χ0n) is 12.0. The van der Waals surface area contributed by atoms with Crippen LogP contribution in [0, 0.1) is 23.7 Å². The van der Waals surface area contributed by atoms with Crippen molar-refractivity contribution in [3.8, 4) is 11.8 Å². The monoisotopic (exact) mass is 279 g/mol. The molecule has 0 atom stereocenters. The van der Waals surface area contributed by atoms with Crippen LogP contribution in [-0.2, 0) is 0 Å². The number of halogens is 1. The minimum absolute atomic E-state index is 0.182. The zero-order chi connectivity index (χ0) is 14.3. The lowest BCUT2D eigenvalue weighted by Gasteiger charge is -2.23. The van der Waals surface area contributed by atoms with Crippen LogP contribution in [0.25, 0.3) is 0 Å². The van der Waals surface area contributed by atoms with Gasteiger partial charge in [0.1, 0.15) is 5.75 Å². The number of ether oxygens (including phenoxy) is 1. The molecule has 2 nitrogen and oxygen atoms in total. The number of nitrogens with zero attached hydrogens (tertiary/aromatic N) is 1. The molecule has 1 rings (SSSR count). The molecule has 0 aliphatic carbocycles. The van der Waals surface area contributed by atoms with Crippen molar-refractivity contribution in [1.29, 1.82) is 5.26 Å². The first-order valence-electron chi connectivity index (χ1n) is 6.87. The standard InChI is InChI=1S/C16H22ClNO/c1-4-16(5-2,12-18)9-6-10-19-15-8-7-14(17)11-13(15)3/h7-8,11H,4-6,9-10H2,1-3H3. The first-order valence-corrected chi connectivity index (χ1v) is 7.25. The molecule has 0 radical (unpaired) electrons. The molecule has 1 aromatic carbocycles. The van der Waals surface area contributed by atoms with Crippen molar-refractivity contribution < 1.29 is 4.74 Å². The quantitative estimate of drug-likeness (QED) is 0.648. The predicted octanol–water partition coefficient (Wildman–Crippen LogP) is 5.14. The Hall–Kier alpha value is -1.20. The van der Waals surface area contributed by atoms with Gasteiger partial charge in [-0.05, 0) is 56.4 Å². The van der Waals surface area contributed by atoms with Gasteiger partial charge in [-0.1, -0.05) is 25.4 Å². The Morgan fingerprint density at radius 2 is 2.00 bits per heavy atom. The molecular formula is C16H22ClNO. The van der Waals surface area contributed by atoms with Gasteiger partial charge >= 0.3 is 0 Å². The fraction of sp³-hybridized carbons (Fsp3) is 0.562. The number of nitriles is 1. The van der Waals surface area contributed by atoms with Crippen LogP contribution in [0.15, 0.2) is 18.2 Å². The second-order valence-electron chi connectivity index (χ2n) is 4.96. The van der Waals surface area contributed by atoms with E-state index < -0.39 is 0 Å². The molecule has 0 fully saturated rings. The number of hydrogen-bond acceptors (Lipinski definition) is 2. The highest BCUT2D eigenvalue weighted by molar-refractivity contribution is 6.30. The first kappa shape index (κ1) is 15.9. The molecule has 3 heteroatoms. The van der Waals surface area contributed by atoms with Gasteiger partial charge in [-0.3, -0.25) is 0 Å². The third-order valence-corrected chi connectivity index (χ3v) is 4.02. The van der Waals surface area contributed by atoms with E-state index in [0.29, 0.717) is 6.61 Å². The summed E-state index contributed by atoms with van der Waals surface area (Å²) in [5.41, 5.74) is 0.864. The summed E-state index contributed by atoms with van der Waals surface area (Å²) < 4.78 is 5.75. The topological polar surface area (TPSA) is 33.0 Å². The van der Waals surface area contributed by atoms with Gasteiger partial charge < -0.3 is 4.74 Å². The molecule has 0 bridgehead atoms. The molecule has 0 N–H and O–H groups in total. The van der Waals surface area contributed by atoms with Gasteiger partial charge in [-0.25, -0.2) is 0 Å².